The number of hydrogen-bond donors (Lipinski definition) is 2. The maximum Gasteiger partial charge on any atom is 0.115 e. The predicted octanol–water partition coefficient (Wildman–Crippen LogP) is 3.75. The fourth-order valence-electron chi connectivity index (χ4n) is 3.96. The molecule has 0 spiro atoms. The number of rotatable bonds is 8. The number of aliphatic hydroxyl groups excluding tert-OH is 1. The molecule has 1 fully saturated rings. The Morgan fingerprint density at radius 2 is 2.12 bits per heavy atom. The van der Waals surface area contributed by atoms with Gasteiger partial charge >= 0.3 is 0 Å². The summed E-state index contributed by atoms with van der Waals surface area (Å²) in [5.74, 6) is 0.00194. The number of nitrogens with one attached hydrogen (secondary N) is 1. The number of aliphatic hydroxyl groups is 1. The lowest BCUT2D eigenvalue weighted by atomic mass is 9.80. The van der Waals surface area contributed by atoms with E-state index >= 15 is 0 Å². The summed E-state index contributed by atoms with van der Waals surface area (Å²) in [5, 5.41) is 15.5. The Kier molecular flexibility index (Phi) is 8.46. The monoisotopic (exact) mass is 388 g/mol. The number of likely N-dealkylation sites (tertiary alicyclic amines) is 1. The van der Waals surface area contributed by atoms with Gasteiger partial charge in [-0.25, -0.2) is 0 Å². The van der Waals surface area contributed by atoms with Crippen LogP contribution in [0.2, 0.25) is 10.0 Å². The molecule has 2 rings (SSSR count). The average molecular weight is 389 g/mol. The summed E-state index contributed by atoms with van der Waals surface area (Å²) in [6.45, 7) is 4.86. The van der Waals surface area contributed by atoms with Gasteiger partial charge in [0.15, 0.2) is 0 Å². The minimum atomic E-state index is -0.519. The van der Waals surface area contributed by atoms with E-state index in [9.17, 15) is 5.11 Å². The summed E-state index contributed by atoms with van der Waals surface area (Å²) in [6.07, 6.45) is 2.55. The zero-order chi connectivity index (χ0) is 18.4. The molecule has 1 aromatic carbocycles. The molecule has 0 radical (unpaired) electrons. The van der Waals surface area contributed by atoms with Crippen LogP contribution in [0.1, 0.15) is 37.7 Å². The van der Waals surface area contributed by atoms with E-state index in [-0.39, 0.29) is 18.1 Å². The number of hydrogen-bond acceptors (Lipinski definition) is 4. The number of piperidine rings is 1. The first-order valence-electron chi connectivity index (χ1n) is 9.07. The lowest BCUT2D eigenvalue weighted by molar-refractivity contribution is -0.129. The third-order valence-corrected chi connectivity index (χ3v) is 5.85. The molecule has 4 atom stereocenters. The van der Waals surface area contributed by atoms with Gasteiger partial charge in [0.05, 0.1) is 16.1 Å². The maximum absolute atomic E-state index is 11.2. The van der Waals surface area contributed by atoms with Gasteiger partial charge in [-0.2, -0.15) is 0 Å². The van der Waals surface area contributed by atoms with Crippen molar-refractivity contribution in [3.05, 3.63) is 33.8 Å². The van der Waals surface area contributed by atoms with Crippen LogP contribution in [0.3, 0.4) is 0 Å². The Morgan fingerprint density at radius 3 is 2.72 bits per heavy atom. The molecule has 1 aliphatic heterocycles. The summed E-state index contributed by atoms with van der Waals surface area (Å²) >= 11 is 12.3. The molecule has 142 valence electrons. The molecule has 1 saturated heterocycles. The molecule has 0 amide bonds. The van der Waals surface area contributed by atoms with Crippen molar-refractivity contribution < 1.29 is 9.84 Å². The number of nitrogens with zero attached hydrogens (tertiary/aromatic N) is 1. The molecule has 1 aliphatic rings. The highest BCUT2D eigenvalue weighted by Crippen LogP contribution is 2.35. The van der Waals surface area contributed by atoms with Crippen LogP contribution in [-0.4, -0.2) is 56.1 Å². The summed E-state index contributed by atoms with van der Waals surface area (Å²) in [6, 6.07) is 5.62. The Balaban J connectivity index is 2.25. The van der Waals surface area contributed by atoms with E-state index in [4.69, 9.17) is 27.9 Å². The number of ether oxygens (including phenoxy) is 1. The molecule has 0 saturated carbocycles. The minimum absolute atomic E-state index is 0.0502. The average Bonchev–Trinajstić information content (AvgIpc) is 2.61. The zero-order valence-electron chi connectivity index (χ0n) is 15.3. The van der Waals surface area contributed by atoms with Crippen molar-refractivity contribution in [3.8, 4) is 0 Å². The number of benzene rings is 1. The summed E-state index contributed by atoms with van der Waals surface area (Å²) < 4.78 is 5.80. The van der Waals surface area contributed by atoms with Gasteiger partial charge in [-0.05, 0) is 44.0 Å². The van der Waals surface area contributed by atoms with E-state index in [1.807, 2.05) is 19.2 Å². The van der Waals surface area contributed by atoms with Crippen molar-refractivity contribution in [2.24, 2.45) is 5.92 Å². The van der Waals surface area contributed by atoms with E-state index < -0.39 is 6.10 Å². The van der Waals surface area contributed by atoms with E-state index in [2.05, 4.69) is 17.1 Å². The van der Waals surface area contributed by atoms with Gasteiger partial charge in [0.25, 0.3) is 0 Å². The van der Waals surface area contributed by atoms with Crippen molar-refractivity contribution >= 4 is 23.2 Å². The molecule has 6 heteroatoms. The van der Waals surface area contributed by atoms with E-state index in [0.717, 1.165) is 37.9 Å². The molecular formula is C19H30Cl2N2O2. The quantitative estimate of drug-likeness (QED) is 0.711. The van der Waals surface area contributed by atoms with Gasteiger partial charge in [-0.3, -0.25) is 4.90 Å². The van der Waals surface area contributed by atoms with Crippen molar-refractivity contribution in [2.75, 3.05) is 33.8 Å². The maximum atomic E-state index is 11.2. The Labute approximate surface area is 161 Å². The second-order valence-electron chi connectivity index (χ2n) is 6.80. The summed E-state index contributed by atoms with van der Waals surface area (Å²) in [5.41, 5.74) is 0.999. The minimum Gasteiger partial charge on any atom is -0.392 e. The van der Waals surface area contributed by atoms with Crippen LogP contribution in [0.4, 0.5) is 0 Å². The first-order chi connectivity index (χ1) is 12.0. The Hall–Kier alpha value is -0.360. The van der Waals surface area contributed by atoms with Gasteiger partial charge in [-0.1, -0.05) is 36.2 Å². The van der Waals surface area contributed by atoms with E-state index in [0.29, 0.717) is 16.6 Å². The highest BCUT2D eigenvalue weighted by molar-refractivity contribution is 6.42. The van der Waals surface area contributed by atoms with E-state index in [1.165, 1.54) is 0 Å². The SMILES string of the molecule is CCCN1CCCC([C@H](O)C(CNC)c2ccc(Cl)c(Cl)c2)C1OC. The van der Waals surface area contributed by atoms with Gasteiger partial charge in [-0.15, -0.1) is 0 Å². The fourth-order valence-corrected chi connectivity index (χ4v) is 4.26. The van der Waals surface area contributed by atoms with Crippen LogP contribution in [-0.2, 0) is 4.74 Å². The Bertz CT molecular complexity index is 542. The molecule has 3 unspecified atom stereocenters. The lowest BCUT2D eigenvalue weighted by Crippen LogP contribution is -2.52. The molecule has 25 heavy (non-hydrogen) atoms. The second kappa shape index (κ2) is 10.1. The molecule has 1 heterocycles. The van der Waals surface area contributed by atoms with Crippen LogP contribution in [0.25, 0.3) is 0 Å². The summed E-state index contributed by atoms with van der Waals surface area (Å²) in [7, 11) is 3.64. The number of methoxy groups -OCH3 is 1. The molecule has 0 bridgehead atoms. The fraction of sp³-hybridized carbons (Fsp3) is 0.684. The normalized spacial score (nSPS) is 24.2. The largest absolute Gasteiger partial charge is 0.392 e. The zero-order valence-corrected chi connectivity index (χ0v) is 16.9. The molecular weight excluding hydrogens is 359 g/mol. The summed E-state index contributed by atoms with van der Waals surface area (Å²) in [4.78, 5) is 2.35. The molecule has 1 aromatic rings. The molecule has 0 aromatic heterocycles. The van der Waals surface area contributed by atoms with Crippen molar-refractivity contribution in [1.29, 1.82) is 0 Å². The van der Waals surface area contributed by atoms with Crippen molar-refractivity contribution in [2.45, 2.75) is 44.4 Å². The van der Waals surface area contributed by atoms with Gasteiger partial charge in [0, 0.05) is 38.6 Å². The molecule has 4 nitrogen and oxygen atoms in total. The van der Waals surface area contributed by atoms with Crippen LogP contribution >= 0.6 is 23.2 Å². The smallest absolute Gasteiger partial charge is 0.115 e. The number of halogens is 2. The molecule has 0 aliphatic carbocycles. The topological polar surface area (TPSA) is 44.7 Å². The second-order valence-corrected chi connectivity index (χ2v) is 7.61. The van der Waals surface area contributed by atoms with Gasteiger partial charge < -0.3 is 15.2 Å². The first kappa shape index (κ1) is 20.9. The van der Waals surface area contributed by atoms with Gasteiger partial charge in [0.1, 0.15) is 6.23 Å². The van der Waals surface area contributed by atoms with Gasteiger partial charge in [0.2, 0.25) is 0 Å². The van der Waals surface area contributed by atoms with Crippen molar-refractivity contribution in [3.63, 3.8) is 0 Å². The standard InChI is InChI=1S/C19H30Cl2N2O2/c1-4-9-23-10-5-6-14(19(23)25-3)18(24)15(12-22-2)13-7-8-16(20)17(21)11-13/h7-8,11,14-15,18-19,22,24H,4-6,9-10,12H2,1-3H3/t14?,15?,18-,19?/m0/s1. The van der Waals surface area contributed by atoms with Crippen molar-refractivity contribution in [1.82, 2.24) is 10.2 Å². The lowest BCUT2D eigenvalue weighted by Gasteiger charge is -2.44. The van der Waals surface area contributed by atoms with Crippen LogP contribution < -0.4 is 5.32 Å². The highest BCUT2D eigenvalue weighted by atomic mass is 35.5. The number of likely N-dealkylation sites (N-methyl/N-ethyl adjacent to an activating group) is 1. The van der Waals surface area contributed by atoms with Crippen LogP contribution in [0, 0.1) is 5.92 Å². The third kappa shape index (κ3) is 5.09. The van der Waals surface area contributed by atoms with Crippen LogP contribution in [0.5, 0.6) is 0 Å². The molecule has 2 N–H and O–H groups in total. The third-order valence-electron chi connectivity index (χ3n) is 5.11. The van der Waals surface area contributed by atoms with Crippen LogP contribution in [0.15, 0.2) is 18.2 Å². The highest BCUT2D eigenvalue weighted by Gasteiger charge is 2.39. The van der Waals surface area contributed by atoms with E-state index in [1.54, 1.807) is 13.2 Å². The Morgan fingerprint density at radius 1 is 1.36 bits per heavy atom. The first-order valence-corrected chi connectivity index (χ1v) is 9.83. The predicted molar refractivity (Wildman–Crippen MR) is 105 cm³/mol.